The first-order valence-corrected chi connectivity index (χ1v) is 8.58. The van der Waals surface area contributed by atoms with Crippen LogP contribution in [0.3, 0.4) is 0 Å². The maximum Gasteiger partial charge on any atom is 0.231 e. The van der Waals surface area contributed by atoms with Gasteiger partial charge in [-0.1, -0.05) is 0 Å². The Morgan fingerprint density at radius 3 is 2.68 bits per heavy atom. The van der Waals surface area contributed by atoms with Crippen LogP contribution in [0.15, 0.2) is 37.1 Å². The molecule has 0 aliphatic carbocycles. The van der Waals surface area contributed by atoms with E-state index in [9.17, 15) is 8.78 Å². The van der Waals surface area contributed by atoms with E-state index in [2.05, 4.69) is 35.9 Å². The lowest BCUT2D eigenvalue weighted by molar-refractivity contribution is 0.509. The van der Waals surface area contributed by atoms with Crippen LogP contribution in [0.2, 0.25) is 0 Å². The van der Waals surface area contributed by atoms with Crippen molar-refractivity contribution in [1.82, 2.24) is 34.5 Å². The fourth-order valence-electron chi connectivity index (χ4n) is 2.72. The Bertz CT molecular complexity index is 1090. The minimum Gasteiger partial charge on any atom is -0.369 e. The van der Waals surface area contributed by atoms with Crippen LogP contribution in [0.1, 0.15) is 6.42 Å². The monoisotopic (exact) mass is 385 g/mol. The standard InChI is InChI=1S/C17H17F2N9/c1-27-16-12(8-23-27)15(20-5-2-6-28-9-21-22-10-28)25-17(26-16)24-11-3-4-13(18)14(19)7-11/h3-4,7-10H,2,5-6H2,1H3,(H2,20,24,25,26). The average Bonchev–Trinajstić information content (AvgIpc) is 3.32. The normalized spacial score (nSPS) is 11.1. The zero-order valence-electron chi connectivity index (χ0n) is 15.0. The lowest BCUT2D eigenvalue weighted by atomic mass is 10.3. The van der Waals surface area contributed by atoms with Crippen LogP contribution in [0.5, 0.6) is 0 Å². The first kappa shape index (κ1) is 17.8. The topological polar surface area (TPSA) is 98.4 Å². The molecule has 28 heavy (non-hydrogen) atoms. The summed E-state index contributed by atoms with van der Waals surface area (Å²) in [4.78, 5) is 8.87. The summed E-state index contributed by atoms with van der Waals surface area (Å²) in [6, 6.07) is 3.52. The number of anilines is 3. The molecule has 0 saturated carbocycles. The summed E-state index contributed by atoms with van der Waals surface area (Å²) in [5.41, 5.74) is 0.959. The highest BCUT2D eigenvalue weighted by Crippen LogP contribution is 2.24. The maximum absolute atomic E-state index is 13.5. The van der Waals surface area contributed by atoms with Gasteiger partial charge in [0.1, 0.15) is 18.5 Å². The largest absolute Gasteiger partial charge is 0.369 e. The smallest absolute Gasteiger partial charge is 0.231 e. The number of hydrogen-bond acceptors (Lipinski definition) is 7. The molecule has 0 aliphatic heterocycles. The van der Waals surface area contributed by atoms with Crippen LogP contribution in [0, 0.1) is 11.6 Å². The Hall–Kier alpha value is -3.63. The second kappa shape index (κ2) is 7.55. The van der Waals surface area contributed by atoms with Gasteiger partial charge in [0, 0.05) is 31.9 Å². The van der Waals surface area contributed by atoms with Crippen molar-refractivity contribution in [3.63, 3.8) is 0 Å². The van der Waals surface area contributed by atoms with Crippen LogP contribution in [0.25, 0.3) is 11.0 Å². The van der Waals surface area contributed by atoms with Gasteiger partial charge in [-0.15, -0.1) is 10.2 Å². The molecule has 144 valence electrons. The predicted molar refractivity (Wildman–Crippen MR) is 99.1 cm³/mol. The molecule has 0 fully saturated rings. The molecule has 1 aromatic carbocycles. The summed E-state index contributed by atoms with van der Waals surface area (Å²) < 4.78 is 30.1. The summed E-state index contributed by atoms with van der Waals surface area (Å²) in [5, 5.41) is 18.7. The lowest BCUT2D eigenvalue weighted by Gasteiger charge is -2.10. The Balaban J connectivity index is 1.53. The van der Waals surface area contributed by atoms with Crippen LogP contribution in [-0.4, -0.2) is 41.1 Å². The summed E-state index contributed by atoms with van der Waals surface area (Å²) in [6.07, 6.45) is 5.83. The number of aryl methyl sites for hydroxylation is 2. The third-order valence-electron chi connectivity index (χ3n) is 4.12. The van der Waals surface area contributed by atoms with Crippen molar-refractivity contribution in [2.75, 3.05) is 17.2 Å². The SMILES string of the molecule is Cn1ncc2c(NCCCn3cnnc3)nc(Nc3ccc(F)c(F)c3)nc21. The van der Waals surface area contributed by atoms with E-state index in [-0.39, 0.29) is 5.95 Å². The predicted octanol–water partition coefficient (Wildman–Crippen LogP) is 2.48. The number of aromatic nitrogens is 7. The molecule has 2 N–H and O–H groups in total. The molecule has 0 radical (unpaired) electrons. The third kappa shape index (κ3) is 3.72. The van der Waals surface area contributed by atoms with Gasteiger partial charge in [0.2, 0.25) is 5.95 Å². The molecule has 0 saturated heterocycles. The van der Waals surface area contributed by atoms with E-state index in [1.165, 1.54) is 6.07 Å². The highest BCUT2D eigenvalue weighted by Gasteiger charge is 2.12. The number of halogens is 2. The first-order chi connectivity index (χ1) is 13.6. The van der Waals surface area contributed by atoms with Crippen molar-refractivity contribution in [1.29, 1.82) is 0 Å². The molecular weight excluding hydrogens is 368 g/mol. The molecule has 11 heteroatoms. The Labute approximate surface area is 158 Å². The van der Waals surface area contributed by atoms with E-state index < -0.39 is 11.6 Å². The van der Waals surface area contributed by atoms with Gasteiger partial charge < -0.3 is 15.2 Å². The molecule has 0 bridgehead atoms. The van der Waals surface area contributed by atoms with Crippen molar-refractivity contribution >= 4 is 28.5 Å². The van der Waals surface area contributed by atoms with Gasteiger partial charge in [-0.05, 0) is 18.6 Å². The number of benzene rings is 1. The van der Waals surface area contributed by atoms with Crippen LogP contribution in [-0.2, 0) is 13.6 Å². The van der Waals surface area contributed by atoms with E-state index in [1.54, 1.807) is 30.6 Å². The molecule has 0 unspecified atom stereocenters. The summed E-state index contributed by atoms with van der Waals surface area (Å²) >= 11 is 0. The Morgan fingerprint density at radius 1 is 1.07 bits per heavy atom. The van der Waals surface area contributed by atoms with E-state index >= 15 is 0 Å². The zero-order valence-corrected chi connectivity index (χ0v) is 15.0. The van der Waals surface area contributed by atoms with Crippen molar-refractivity contribution in [2.24, 2.45) is 7.05 Å². The van der Waals surface area contributed by atoms with Gasteiger partial charge in [0.25, 0.3) is 0 Å². The van der Waals surface area contributed by atoms with Gasteiger partial charge in [0.05, 0.1) is 11.6 Å². The van der Waals surface area contributed by atoms with Crippen molar-refractivity contribution in [2.45, 2.75) is 13.0 Å². The molecule has 9 nitrogen and oxygen atoms in total. The lowest BCUT2D eigenvalue weighted by Crippen LogP contribution is -2.09. The van der Waals surface area contributed by atoms with Crippen LogP contribution in [0.4, 0.5) is 26.2 Å². The average molecular weight is 385 g/mol. The van der Waals surface area contributed by atoms with E-state index in [0.29, 0.717) is 23.7 Å². The molecule has 0 amide bonds. The first-order valence-electron chi connectivity index (χ1n) is 8.58. The van der Waals surface area contributed by atoms with Crippen LogP contribution < -0.4 is 10.6 Å². The van der Waals surface area contributed by atoms with Gasteiger partial charge in [-0.25, -0.2) is 8.78 Å². The van der Waals surface area contributed by atoms with Gasteiger partial charge in [-0.3, -0.25) is 4.68 Å². The quantitative estimate of drug-likeness (QED) is 0.472. The Kier molecular flexibility index (Phi) is 4.79. The van der Waals surface area contributed by atoms with Gasteiger partial charge >= 0.3 is 0 Å². The second-order valence-corrected chi connectivity index (χ2v) is 6.14. The molecule has 3 heterocycles. The molecule has 0 spiro atoms. The fraction of sp³-hybridized carbons (Fsp3) is 0.235. The fourth-order valence-corrected chi connectivity index (χ4v) is 2.72. The van der Waals surface area contributed by atoms with E-state index in [1.807, 2.05) is 4.57 Å². The second-order valence-electron chi connectivity index (χ2n) is 6.14. The molecule has 4 rings (SSSR count). The maximum atomic E-state index is 13.5. The highest BCUT2D eigenvalue weighted by atomic mass is 19.2. The molecular formula is C17H17F2N9. The van der Waals surface area contributed by atoms with Crippen LogP contribution >= 0.6 is 0 Å². The summed E-state index contributed by atoms with van der Waals surface area (Å²) in [6.45, 7) is 1.42. The van der Waals surface area contributed by atoms with E-state index in [4.69, 9.17) is 0 Å². The number of hydrogen-bond donors (Lipinski definition) is 2. The van der Waals surface area contributed by atoms with Crippen molar-refractivity contribution < 1.29 is 8.78 Å². The Morgan fingerprint density at radius 2 is 1.89 bits per heavy atom. The summed E-state index contributed by atoms with van der Waals surface area (Å²) in [5.74, 6) is -1.00. The summed E-state index contributed by atoms with van der Waals surface area (Å²) in [7, 11) is 1.77. The molecule has 3 aromatic heterocycles. The van der Waals surface area contributed by atoms with Crippen molar-refractivity contribution in [3.05, 3.63) is 48.7 Å². The third-order valence-corrected chi connectivity index (χ3v) is 4.12. The number of rotatable bonds is 7. The minimum atomic E-state index is -0.945. The highest BCUT2D eigenvalue weighted by molar-refractivity contribution is 5.87. The van der Waals surface area contributed by atoms with E-state index in [0.717, 1.165) is 30.5 Å². The minimum absolute atomic E-state index is 0.253. The van der Waals surface area contributed by atoms with Gasteiger partial charge in [-0.2, -0.15) is 15.1 Å². The molecule has 4 aromatic rings. The molecule has 0 atom stereocenters. The number of nitrogens with zero attached hydrogens (tertiary/aromatic N) is 7. The zero-order chi connectivity index (χ0) is 19.5. The number of nitrogens with one attached hydrogen (secondary N) is 2. The molecule has 0 aliphatic rings. The van der Waals surface area contributed by atoms with Gasteiger partial charge in [0.15, 0.2) is 17.3 Å². The van der Waals surface area contributed by atoms with Crippen molar-refractivity contribution in [3.8, 4) is 0 Å². The number of fused-ring (bicyclic) bond motifs is 1.